The van der Waals surface area contributed by atoms with Crippen LogP contribution in [0.3, 0.4) is 0 Å². The third-order valence-corrected chi connectivity index (χ3v) is 6.07. The fourth-order valence-corrected chi connectivity index (χ4v) is 4.49. The van der Waals surface area contributed by atoms with Crippen LogP contribution < -0.4 is 10.1 Å². The lowest BCUT2D eigenvalue weighted by molar-refractivity contribution is -0.274. The second kappa shape index (κ2) is 9.77. The topological polar surface area (TPSA) is 59.4 Å². The van der Waals surface area contributed by atoms with Crippen LogP contribution in [0, 0.1) is 5.92 Å². The number of rotatable bonds is 6. The van der Waals surface area contributed by atoms with Crippen molar-refractivity contribution in [2.45, 2.75) is 44.5 Å². The van der Waals surface area contributed by atoms with Gasteiger partial charge in [0.15, 0.2) is 0 Å². The molecule has 0 saturated carbocycles. The minimum absolute atomic E-state index is 0.129. The van der Waals surface area contributed by atoms with Gasteiger partial charge in [0.2, 0.25) is 0 Å². The lowest BCUT2D eigenvalue weighted by atomic mass is 9.93. The summed E-state index contributed by atoms with van der Waals surface area (Å²) < 4.78 is 43.8. The molecular formula is C23H27F3N4O2. The Labute approximate surface area is 185 Å². The van der Waals surface area contributed by atoms with Crippen molar-refractivity contribution in [2.24, 2.45) is 5.92 Å². The summed E-state index contributed by atoms with van der Waals surface area (Å²) in [7, 11) is 0. The quantitative estimate of drug-likeness (QED) is 0.630. The molecular weight excluding hydrogens is 421 g/mol. The Hall–Kier alpha value is -2.81. The van der Waals surface area contributed by atoms with Gasteiger partial charge in [-0.3, -0.25) is 4.79 Å². The van der Waals surface area contributed by atoms with Crippen LogP contribution in [0.5, 0.6) is 5.75 Å². The fraction of sp³-hybridized carbons (Fsp3) is 0.478. The molecule has 1 fully saturated rings. The second-order valence-corrected chi connectivity index (χ2v) is 8.34. The van der Waals surface area contributed by atoms with Crippen molar-refractivity contribution in [3.05, 3.63) is 54.2 Å². The molecule has 1 aromatic heterocycles. The van der Waals surface area contributed by atoms with Gasteiger partial charge in [-0.05, 0) is 50.2 Å². The van der Waals surface area contributed by atoms with Gasteiger partial charge < -0.3 is 15.0 Å². The van der Waals surface area contributed by atoms with E-state index in [9.17, 15) is 18.0 Å². The number of piperidine rings is 1. The number of para-hydroxylation sites is 1. The van der Waals surface area contributed by atoms with E-state index in [4.69, 9.17) is 0 Å². The summed E-state index contributed by atoms with van der Waals surface area (Å²) in [6.45, 7) is 3.02. The summed E-state index contributed by atoms with van der Waals surface area (Å²) in [6.07, 6.45) is 6.60. The highest BCUT2D eigenvalue weighted by atomic mass is 19.4. The van der Waals surface area contributed by atoms with Crippen LogP contribution in [-0.2, 0) is 0 Å². The smallest absolute Gasteiger partial charge is 0.405 e. The molecule has 2 heterocycles. The molecule has 1 aliphatic carbocycles. The number of nitrogens with one attached hydrogen (secondary N) is 1. The van der Waals surface area contributed by atoms with E-state index in [1.54, 1.807) is 16.9 Å². The molecule has 1 saturated heterocycles. The normalized spacial score (nSPS) is 20.3. The van der Waals surface area contributed by atoms with Gasteiger partial charge in [0.05, 0.1) is 17.8 Å². The van der Waals surface area contributed by atoms with Gasteiger partial charge in [-0.2, -0.15) is 5.10 Å². The maximum Gasteiger partial charge on any atom is 0.573 e. The van der Waals surface area contributed by atoms with E-state index < -0.39 is 18.0 Å². The molecule has 32 heavy (non-hydrogen) atoms. The van der Waals surface area contributed by atoms with E-state index >= 15 is 0 Å². The van der Waals surface area contributed by atoms with Gasteiger partial charge in [-0.1, -0.05) is 24.3 Å². The van der Waals surface area contributed by atoms with E-state index in [1.165, 1.54) is 24.6 Å². The van der Waals surface area contributed by atoms with Gasteiger partial charge in [-0.15, -0.1) is 13.2 Å². The van der Waals surface area contributed by atoms with Crippen molar-refractivity contribution in [2.75, 3.05) is 25.0 Å². The van der Waals surface area contributed by atoms with Crippen LogP contribution in [-0.4, -0.2) is 46.6 Å². The summed E-state index contributed by atoms with van der Waals surface area (Å²) in [5.74, 6) is -0.0217. The zero-order chi connectivity index (χ0) is 22.6. The Morgan fingerprint density at radius 3 is 2.62 bits per heavy atom. The number of hydrogen-bond acceptors (Lipinski definition) is 4. The van der Waals surface area contributed by atoms with Crippen LogP contribution in [0.15, 0.2) is 48.7 Å². The highest BCUT2D eigenvalue weighted by Crippen LogP contribution is 2.29. The molecule has 2 aliphatic rings. The van der Waals surface area contributed by atoms with E-state index in [2.05, 4.69) is 32.2 Å². The first-order chi connectivity index (χ1) is 15.4. The maximum atomic E-state index is 12.7. The standard InChI is InChI=1S/C23H27F3N4O2/c24-23(25,26)32-20-9-5-4-8-19(20)22(31)28-21-10-13-27-30(21)18-11-14-29(15-12-18)16-17-6-2-1-3-7-17/h1-2,4-5,8-10,13,17-18H,3,6-7,11-12,14-16H2,(H,28,31). The number of ether oxygens (including phenoxy) is 1. The molecule has 0 radical (unpaired) electrons. The van der Waals surface area contributed by atoms with Crippen molar-refractivity contribution in [3.63, 3.8) is 0 Å². The van der Waals surface area contributed by atoms with Crippen LogP contribution in [0.2, 0.25) is 0 Å². The molecule has 1 N–H and O–H groups in total. The maximum absolute atomic E-state index is 12.7. The number of anilines is 1. The highest BCUT2D eigenvalue weighted by Gasteiger charge is 2.33. The van der Waals surface area contributed by atoms with E-state index in [0.29, 0.717) is 5.82 Å². The summed E-state index contributed by atoms with van der Waals surface area (Å²) >= 11 is 0. The Kier molecular flexibility index (Phi) is 6.83. The molecule has 1 aliphatic heterocycles. The number of aromatic nitrogens is 2. The first-order valence-electron chi connectivity index (χ1n) is 11.0. The summed E-state index contributed by atoms with van der Waals surface area (Å²) in [5.41, 5.74) is -0.186. The summed E-state index contributed by atoms with van der Waals surface area (Å²) in [4.78, 5) is 15.2. The summed E-state index contributed by atoms with van der Waals surface area (Å²) in [5, 5.41) is 7.07. The average molecular weight is 448 g/mol. The molecule has 6 nitrogen and oxygen atoms in total. The number of benzene rings is 1. The second-order valence-electron chi connectivity index (χ2n) is 8.34. The third-order valence-electron chi connectivity index (χ3n) is 6.07. The Morgan fingerprint density at radius 2 is 1.91 bits per heavy atom. The van der Waals surface area contributed by atoms with Crippen LogP contribution >= 0.6 is 0 Å². The van der Waals surface area contributed by atoms with Crippen molar-refractivity contribution >= 4 is 11.7 Å². The minimum atomic E-state index is -4.87. The minimum Gasteiger partial charge on any atom is -0.405 e. The first kappa shape index (κ1) is 22.4. The molecule has 9 heteroatoms. The van der Waals surface area contributed by atoms with E-state index in [1.807, 2.05) is 0 Å². The number of allylic oxidation sites excluding steroid dienone is 2. The van der Waals surface area contributed by atoms with Crippen molar-refractivity contribution in [1.82, 2.24) is 14.7 Å². The molecule has 1 atom stereocenters. The van der Waals surface area contributed by atoms with Gasteiger partial charge in [0, 0.05) is 25.7 Å². The monoisotopic (exact) mass is 448 g/mol. The molecule has 4 rings (SSSR count). The lowest BCUT2D eigenvalue weighted by Gasteiger charge is -2.35. The molecule has 172 valence electrons. The van der Waals surface area contributed by atoms with Gasteiger partial charge in [0.1, 0.15) is 11.6 Å². The molecule has 0 bridgehead atoms. The van der Waals surface area contributed by atoms with Crippen molar-refractivity contribution in [3.8, 4) is 5.75 Å². The average Bonchev–Trinajstić information content (AvgIpc) is 3.22. The molecule has 1 aromatic carbocycles. The third kappa shape index (κ3) is 5.70. The number of nitrogens with zero attached hydrogens (tertiary/aromatic N) is 3. The zero-order valence-electron chi connectivity index (χ0n) is 17.7. The number of likely N-dealkylation sites (tertiary alicyclic amines) is 1. The zero-order valence-corrected chi connectivity index (χ0v) is 17.7. The number of alkyl halides is 3. The number of carbonyl (C=O) groups excluding carboxylic acids is 1. The molecule has 0 spiro atoms. The van der Waals surface area contributed by atoms with Crippen LogP contribution in [0.25, 0.3) is 0 Å². The van der Waals surface area contributed by atoms with Crippen molar-refractivity contribution < 1.29 is 22.7 Å². The fourth-order valence-electron chi connectivity index (χ4n) is 4.49. The number of hydrogen-bond donors (Lipinski definition) is 1. The molecule has 1 unspecified atom stereocenters. The lowest BCUT2D eigenvalue weighted by Crippen LogP contribution is -2.38. The summed E-state index contributed by atoms with van der Waals surface area (Å²) in [6, 6.07) is 7.09. The Bertz CT molecular complexity index is 949. The van der Waals surface area contributed by atoms with E-state index in [0.717, 1.165) is 57.3 Å². The SMILES string of the molecule is O=C(Nc1ccnn1C1CCN(CC2CC=CCC2)CC1)c1ccccc1OC(F)(F)F. The predicted octanol–water partition coefficient (Wildman–Crippen LogP) is 5.03. The molecule has 1 amide bonds. The van der Waals surface area contributed by atoms with Crippen molar-refractivity contribution in [1.29, 1.82) is 0 Å². The highest BCUT2D eigenvalue weighted by molar-refractivity contribution is 6.05. The van der Waals surface area contributed by atoms with Gasteiger partial charge >= 0.3 is 6.36 Å². The van der Waals surface area contributed by atoms with Crippen LogP contribution in [0.1, 0.15) is 48.5 Å². The largest absolute Gasteiger partial charge is 0.573 e. The number of amides is 1. The Balaban J connectivity index is 1.37. The van der Waals surface area contributed by atoms with Gasteiger partial charge in [-0.25, -0.2) is 4.68 Å². The predicted molar refractivity (Wildman–Crippen MR) is 114 cm³/mol. The van der Waals surface area contributed by atoms with Crippen LogP contribution in [0.4, 0.5) is 19.0 Å². The van der Waals surface area contributed by atoms with Gasteiger partial charge in [0.25, 0.3) is 5.91 Å². The molecule has 2 aromatic rings. The number of halogens is 3. The number of carbonyl (C=O) groups is 1. The Morgan fingerprint density at radius 1 is 1.12 bits per heavy atom. The van der Waals surface area contributed by atoms with E-state index in [-0.39, 0.29) is 11.6 Å². The first-order valence-corrected chi connectivity index (χ1v) is 11.0.